The number of halogens is 1. The molecular formula is C13H12ClN3O3. The lowest BCUT2D eigenvalue weighted by Crippen LogP contribution is -2.15. The molecule has 1 aromatic heterocycles. The maximum atomic E-state index is 12.1. The lowest BCUT2D eigenvalue weighted by molar-refractivity contribution is 0.0688. The number of nitrogens with zero attached hydrogens (tertiary/aromatic N) is 2. The molecule has 1 aromatic carbocycles. The zero-order valence-corrected chi connectivity index (χ0v) is 11.6. The second-order valence-corrected chi connectivity index (χ2v) is 4.59. The fraction of sp³-hybridized carbons (Fsp3) is 0.154. The second-order valence-electron chi connectivity index (χ2n) is 4.18. The minimum atomic E-state index is -1.14. The monoisotopic (exact) mass is 293 g/mol. The third kappa shape index (κ3) is 2.50. The predicted octanol–water partition coefficient (Wildman–Crippen LogP) is 2.33. The molecule has 7 heteroatoms. The van der Waals surface area contributed by atoms with Crippen molar-refractivity contribution >= 4 is 29.3 Å². The zero-order valence-electron chi connectivity index (χ0n) is 10.8. The molecule has 0 aliphatic rings. The summed E-state index contributed by atoms with van der Waals surface area (Å²) in [5.74, 6) is -1.23. The van der Waals surface area contributed by atoms with E-state index in [0.717, 1.165) is 0 Å². The number of aromatic carboxylic acids is 1. The van der Waals surface area contributed by atoms with Gasteiger partial charge in [0.1, 0.15) is 5.82 Å². The van der Waals surface area contributed by atoms with Gasteiger partial charge in [0.05, 0.1) is 10.6 Å². The number of aromatic nitrogens is 2. The quantitative estimate of drug-likeness (QED) is 0.909. The van der Waals surface area contributed by atoms with Crippen LogP contribution in [0.15, 0.2) is 24.3 Å². The number of aryl methyl sites for hydroxylation is 1. The Morgan fingerprint density at radius 2 is 2.00 bits per heavy atom. The predicted molar refractivity (Wildman–Crippen MR) is 74.3 cm³/mol. The first-order chi connectivity index (χ1) is 9.41. The standard InChI is InChI=1S/C13H12ClN3O3/c1-7-10(13(19)20)16-17(2)11(7)15-12(18)8-5-3-4-6-9(8)14/h3-6H,1-2H3,(H,15,18)(H,19,20). The van der Waals surface area contributed by atoms with Crippen molar-refractivity contribution in [3.63, 3.8) is 0 Å². The summed E-state index contributed by atoms with van der Waals surface area (Å²) in [6, 6.07) is 6.60. The molecule has 6 nitrogen and oxygen atoms in total. The topological polar surface area (TPSA) is 84.2 Å². The van der Waals surface area contributed by atoms with Crippen molar-refractivity contribution in [2.75, 3.05) is 5.32 Å². The Balaban J connectivity index is 2.34. The summed E-state index contributed by atoms with van der Waals surface area (Å²) in [6.45, 7) is 1.58. The van der Waals surface area contributed by atoms with Gasteiger partial charge in [-0.15, -0.1) is 0 Å². The molecule has 0 saturated carbocycles. The summed E-state index contributed by atoms with van der Waals surface area (Å²) in [5, 5.41) is 15.8. The van der Waals surface area contributed by atoms with Crippen molar-refractivity contribution in [2.24, 2.45) is 7.05 Å². The van der Waals surface area contributed by atoms with Crippen molar-refractivity contribution in [1.29, 1.82) is 0 Å². The van der Waals surface area contributed by atoms with Gasteiger partial charge in [0.15, 0.2) is 5.69 Å². The largest absolute Gasteiger partial charge is 0.476 e. The zero-order chi connectivity index (χ0) is 14.9. The molecule has 1 amide bonds. The number of benzene rings is 1. The molecular weight excluding hydrogens is 282 g/mol. The molecule has 0 unspecified atom stereocenters. The highest BCUT2D eigenvalue weighted by atomic mass is 35.5. The van der Waals surface area contributed by atoms with Crippen molar-refractivity contribution in [1.82, 2.24) is 9.78 Å². The molecule has 1 heterocycles. The Bertz CT molecular complexity index is 694. The minimum absolute atomic E-state index is 0.0954. The van der Waals surface area contributed by atoms with Crippen LogP contribution in [-0.4, -0.2) is 26.8 Å². The van der Waals surface area contributed by atoms with Crippen LogP contribution in [0.2, 0.25) is 5.02 Å². The molecule has 0 aliphatic heterocycles. The van der Waals surface area contributed by atoms with Gasteiger partial charge in [-0.05, 0) is 19.1 Å². The van der Waals surface area contributed by atoms with Crippen LogP contribution in [0.3, 0.4) is 0 Å². The number of carboxylic acids is 1. The molecule has 20 heavy (non-hydrogen) atoms. The van der Waals surface area contributed by atoms with E-state index in [-0.39, 0.29) is 5.69 Å². The van der Waals surface area contributed by atoms with Gasteiger partial charge in [0, 0.05) is 12.6 Å². The summed E-state index contributed by atoms with van der Waals surface area (Å²) in [7, 11) is 1.56. The molecule has 104 valence electrons. The highest BCUT2D eigenvalue weighted by molar-refractivity contribution is 6.34. The average Bonchev–Trinajstić information content (AvgIpc) is 2.67. The maximum absolute atomic E-state index is 12.1. The molecule has 2 rings (SSSR count). The Hall–Kier alpha value is -2.34. The van der Waals surface area contributed by atoms with E-state index < -0.39 is 11.9 Å². The van der Waals surface area contributed by atoms with E-state index in [1.165, 1.54) is 4.68 Å². The lowest BCUT2D eigenvalue weighted by Gasteiger charge is -2.07. The summed E-state index contributed by atoms with van der Waals surface area (Å²) in [6.07, 6.45) is 0. The highest BCUT2D eigenvalue weighted by Crippen LogP contribution is 2.21. The first-order valence-corrected chi connectivity index (χ1v) is 6.12. The number of nitrogens with one attached hydrogen (secondary N) is 1. The molecule has 0 spiro atoms. The van der Waals surface area contributed by atoms with E-state index in [1.807, 2.05) is 0 Å². The number of carbonyl (C=O) groups excluding carboxylic acids is 1. The maximum Gasteiger partial charge on any atom is 0.356 e. The van der Waals surface area contributed by atoms with Gasteiger partial charge in [-0.2, -0.15) is 5.10 Å². The molecule has 0 radical (unpaired) electrons. The fourth-order valence-electron chi connectivity index (χ4n) is 1.83. The van der Waals surface area contributed by atoms with Gasteiger partial charge >= 0.3 is 5.97 Å². The van der Waals surface area contributed by atoms with Crippen molar-refractivity contribution in [3.8, 4) is 0 Å². The summed E-state index contributed by atoms with van der Waals surface area (Å²) < 4.78 is 1.31. The molecule has 0 aliphatic carbocycles. The van der Waals surface area contributed by atoms with Gasteiger partial charge < -0.3 is 10.4 Å². The number of hydrogen-bond donors (Lipinski definition) is 2. The number of amides is 1. The molecule has 0 bridgehead atoms. The van der Waals surface area contributed by atoms with Crippen LogP contribution in [-0.2, 0) is 7.05 Å². The van der Waals surface area contributed by atoms with Gasteiger partial charge in [0.2, 0.25) is 0 Å². The van der Waals surface area contributed by atoms with Crippen LogP contribution in [0.4, 0.5) is 5.82 Å². The minimum Gasteiger partial charge on any atom is -0.476 e. The number of hydrogen-bond acceptors (Lipinski definition) is 3. The van der Waals surface area contributed by atoms with E-state index in [9.17, 15) is 9.59 Å². The van der Waals surface area contributed by atoms with Gasteiger partial charge in [-0.1, -0.05) is 23.7 Å². The second kappa shape index (κ2) is 5.34. The van der Waals surface area contributed by atoms with E-state index >= 15 is 0 Å². The summed E-state index contributed by atoms with van der Waals surface area (Å²) >= 11 is 5.94. The molecule has 0 atom stereocenters. The van der Waals surface area contributed by atoms with E-state index in [2.05, 4.69) is 10.4 Å². The van der Waals surface area contributed by atoms with Crippen LogP contribution in [0.5, 0.6) is 0 Å². The van der Waals surface area contributed by atoms with E-state index in [4.69, 9.17) is 16.7 Å². The van der Waals surface area contributed by atoms with Gasteiger partial charge in [-0.25, -0.2) is 4.79 Å². The molecule has 0 saturated heterocycles. The van der Waals surface area contributed by atoms with E-state index in [1.54, 1.807) is 38.2 Å². The Morgan fingerprint density at radius 3 is 2.55 bits per heavy atom. The number of anilines is 1. The Morgan fingerprint density at radius 1 is 1.35 bits per heavy atom. The van der Waals surface area contributed by atoms with Crippen LogP contribution in [0.1, 0.15) is 26.4 Å². The van der Waals surface area contributed by atoms with Crippen molar-refractivity contribution in [3.05, 3.63) is 46.1 Å². The first kappa shape index (κ1) is 14.1. The van der Waals surface area contributed by atoms with Crippen molar-refractivity contribution in [2.45, 2.75) is 6.92 Å². The number of rotatable bonds is 3. The number of carboxylic acid groups (broad SMARTS) is 1. The first-order valence-electron chi connectivity index (χ1n) is 5.74. The third-order valence-electron chi connectivity index (χ3n) is 2.84. The highest BCUT2D eigenvalue weighted by Gasteiger charge is 2.20. The smallest absolute Gasteiger partial charge is 0.356 e. The van der Waals surface area contributed by atoms with E-state index in [0.29, 0.717) is 22.0 Å². The van der Waals surface area contributed by atoms with Gasteiger partial charge in [0.25, 0.3) is 5.91 Å². The van der Waals surface area contributed by atoms with Crippen LogP contribution >= 0.6 is 11.6 Å². The summed E-state index contributed by atoms with van der Waals surface area (Å²) in [5.41, 5.74) is 0.606. The van der Waals surface area contributed by atoms with Crippen LogP contribution < -0.4 is 5.32 Å². The molecule has 2 aromatic rings. The third-order valence-corrected chi connectivity index (χ3v) is 3.17. The fourth-order valence-corrected chi connectivity index (χ4v) is 2.05. The van der Waals surface area contributed by atoms with Crippen molar-refractivity contribution < 1.29 is 14.7 Å². The van der Waals surface area contributed by atoms with Crippen LogP contribution in [0, 0.1) is 6.92 Å². The summed E-state index contributed by atoms with van der Waals surface area (Å²) in [4.78, 5) is 23.1. The Labute approximate surface area is 120 Å². The van der Waals surface area contributed by atoms with Gasteiger partial charge in [-0.3, -0.25) is 9.48 Å². The lowest BCUT2D eigenvalue weighted by atomic mass is 10.2. The average molecular weight is 294 g/mol. The SMILES string of the molecule is Cc1c(C(=O)O)nn(C)c1NC(=O)c1ccccc1Cl. The molecule has 2 N–H and O–H groups in total. The Kier molecular flexibility index (Phi) is 3.76. The number of carbonyl (C=O) groups is 2. The molecule has 0 fully saturated rings. The van der Waals surface area contributed by atoms with Crippen LogP contribution in [0.25, 0.3) is 0 Å². The normalized spacial score (nSPS) is 10.3.